The predicted octanol–water partition coefficient (Wildman–Crippen LogP) is 3.49. The molecule has 0 fully saturated rings. The van der Waals surface area contributed by atoms with Gasteiger partial charge in [-0.15, -0.1) is 0 Å². The number of nitrogens with zero attached hydrogens (tertiary/aromatic N) is 4. The summed E-state index contributed by atoms with van der Waals surface area (Å²) in [6.45, 7) is 6.59. The Morgan fingerprint density at radius 2 is 1.91 bits per heavy atom. The predicted molar refractivity (Wildman–Crippen MR) is 124 cm³/mol. The van der Waals surface area contributed by atoms with Crippen molar-refractivity contribution in [3.05, 3.63) is 64.7 Å². The molecular weight excluding hydrogens is 407 g/mol. The normalized spacial score (nSPS) is 10.3. The Bertz CT molecular complexity index is 1190. The fourth-order valence-corrected chi connectivity index (χ4v) is 3.22. The molecule has 8 heteroatoms. The number of carbonyl (C=O) groups excluding carboxylic acids is 1. The highest BCUT2D eigenvalue weighted by molar-refractivity contribution is 5.94. The van der Waals surface area contributed by atoms with Crippen LogP contribution in [0.5, 0.6) is 0 Å². The van der Waals surface area contributed by atoms with E-state index in [9.17, 15) is 4.79 Å². The molecule has 2 aromatic heterocycles. The molecule has 3 rings (SSSR count). The molecule has 0 radical (unpaired) electrons. The average molecular weight is 433 g/mol. The fraction of sp³-hybridized carbons (Fsp3) is 0.250. The number of hydrogen-bond acceptors (Lipinski definition) is 6. The van der Waals surface area contributed by atoms with E-state index in [0.717, 1.165) is 5.82 Å². The molecule has 32 heavy (non-hydrogen) atoms. The molecule has 1 aromatic carbocycles. The van der Waals surface area contributed by atoms with E-state index in [1.54, 1.807) is 31.1 Å². The minimum Gasteiger partial charge on any atom is -0.373 e. The van der Waals surface area contributed by atoms with Crippen molar-refractivity contribution in [3.8, 4) is 23.1 Å². The summed E-state index contributed by atoms with van der Waals surface area (Å²) in [5.41, 5.74) is 8.27. The van der Waals surface area contributed by atoms with Crippen LogP contribution in [0, 0.1) is 24.6 Å². The van der Waals surface area contributed by atoms with Crippen LogP contribution in [0.1, 0.15) is 41.0 Å². The minimum absolute atomic E-state index is 0.0192. The van der Waals surface area contributed by atoms with Crippen LogP contribution in [0.25, 0.3) is 11.3 Å². The molecule has 0 saturated carbocycles. The molecule has 0 spiro atoms. The molecule has 0 aliphatic carbocycles. The van der Waals surface area contributed by atoms with Gasteiger partial charge in [0, 0.05) is 43.0 Å². The fourth-order valence-electron chi connectivity index (χ4n) is 3.22. The maximum atomic E-state index is 15.1. The molecule has 3 aromatic rings. The number of carbonyl (C=O) groups is 1. The van der Waals surface area contributed by atoms with Gasteiger partial charge in [0.15, 0.2) is 0 Å². The summed E-state index contributed by atoms with van der Waals surface area (Å²) in [6, 6.07) is 7.98. The van der Waals surface area contributed by atoms with Crippen LogP contribution in [0.2, 0.25) is 0 Å². The smallest absolute Gasteiger partial charge is 0.253 e. The molecule has 0 bridgehead atoms. The van der Waals surface area contributed by atoms with Gasteiger partial charge in [-0.05, 0) is 51.1 Å². The number of rotatable bonds is 5. The third-order valence-corrected chi connectivity index (χ3v) is 4.98. The van der Waals surface area contributed by atoms with Gasteiger partial charge in [0.2, 0.25) is 5.95 Å². The number of pyridine rings is 1. The second-order valence-corrected chi connectivity index (χ2v) is 7.00. The topological polar surface area (TPSA) is 97.0 Å². The number of nitrogens with two attached hydrogens (primary N) is 1. The van der Waals surface area contributed by atoms with Crippen molar-refractivity contribution in [3.63, 3.8) is 0 Å². The largest absolute Gasteiger partial charge is 0.373 e. The molecule has 1 amide bonds. The van der Waals surface area contributed by atoms with Crippen molar-refractivity contribution >= 4 is 17.7 Å². The molecule has 164 valence electrons. The average Bonchev–Trinajstić information content (AvgIpc) is 2.79. The lowest BCUT2D eigenvalue weighted by Gasteiger charge is -2.19. The lowest BCUT2D eigenvalue weighted by molar-refractivity contribution is 0.0772. The molecule has 0 aliphatic heterocycles. The Morgan fingerprint density at radius 3 is 2.50 bits per heavy atom. The number of halogens is 1. The van der Waals surface area contributed by atoms with Crippen molar-refractivity contribution in [2.75, 3.05) is 31.2 Å². The molecule has 7 nitrogen and oxygen atoms in total. The number of nitrogens with one attached hydrogen (secondary N) is 1. The Hall–Kier alpha value is -3.99. The molecule has 0 saturated heterocycles. The summed E-state index contributed by atoms with van der Waals surface area (Å²) < 4.78 is 15.1. The molecule has 0 unspecified atom stereocenters. The first-order chi connectivity index (χ1) is 15.4. The van der Waals surface area contributed by atoms with E-state index in [1.165, 1.54) is 12.1 Å². The highest BCUT2D eigenvalue weighted by Gasteiger charge is 2.18. The Balaban J connectivity index is 2.05. The van der Waals surface area contributed by atoms with E-state index in [2.05, 4.69) is 32.1 Å². The highest BCUT2D eigenvalue weighted by atomic mass is 19.1. The van der Waals surface area contributed by atoms with Crippen molar-refractivity contribution in [1.29, 1.82) is 0 Å². The number of anilines is 2. The van der Waals surface area contributed by atoms with Gasteiger partial charge in [-0.3, -0.25) is 4.79 Å². The summed E-state index contributed by atoms with van der Waals surface area (Å²) in [5.74, 6) is 5.99. The first kappa shape index (κ1) is 22.7. The number of aromatic nitrogens is 3. The van der Waals surface area contributed by atoms with E-state index in [4.69, 9.17) is 5.73 Å². The summed E-state index contributed by atoms with van der Waals surface area (Å²) in [4.78, 5) is 26.9. The van der Waals surface area contributed by atoms with Crippen LogP contribution in [-0.2, 0) is 0 Å². The molecule has 0 atom stereocenters. The minimum atomic E-state index is -0.580. The van der Waals surface area contributed by atoms with Crippen molar-refractivity contribution in [1.82, 2.24) is 19.9 Å². The van der Waals surface area contributed by atoms with E-state index in [-0.39, 0.29) is 28.7 Å². The Labute approximate surface area is 186 Å². The van der Waals surface area contributed by atoms with Gasteiger partial charge in [0.25, 0.3) is 5.91 Å². The van der Waals surface area contributed by atoms with Crippen LogP contribution in [0.3, 0.4) is 0 Å². The van der Waals surface area contributed by atoms with Crippen molar-refractivity contribution < 1.29 is 9.18 Å². The van der Waals surface area contributed by atoms with Crippen LogP contribution in [-0.4, -0.2) is 45.9 Å². The number of hydrogen-bond donors (Lipinski definition) is 2. The van der Waals surface area contributed by atoms with E-state index >= 15 is 4.39 Å². The lowest BCUT2D eigenvalue weighted by atomic mass is 10.0. The maximum absolute atomic E-state index is 15.1. The first-order valence-corrected chi connectivity index (χ1v) is 10.3. The van der Waals surface area contributed by atoms with E-state index < -0.39 is 5.82 Å². The monoisotopic (exact) mass is 432 g/mol. The van der Waals surface area contributed by atoms with Crippen LogP contribution < -0.4 is 11.1 Å². The van der Waals surface area contributed by atoms with Crippen molar-refractivity contribution in [2.45, 2.75) is 20.8 Å². The van der Waals surface area contributed by atoms with Gasteiger partial charge < -0.3 is 16.0 Å². The zero-order valence-electron chi connectivity index (χ0n) is 18.5. The third-order valence-electron chi connectivity index (χ3n) is 4.98. The molecular formula is C24H25FN6O. The first-order valence-electron chi connectivity index (χ1n) is 10.3. The summed E-state index contributed by atoms with van der Waals surface area (Å²) >= 11 is 0. The zero-order chi connectivity index (χ0) is 23.3. The van der Waals surface area contributed by atoms with Gasteiger partial charge in [-0.1, -0.05) is 11.8 Å². The summed E-state index contributed by atoms with van der Waals surface area (Å²) in [6.07, 6.45) is 1.64. The number of benzene rings is 1. The summed E-state index contributed by atoms with van der Waals surface area (Å²) in [7, 11) is 1.78. The van der Waals surface area contributed by atoms with E-state index in [0.29, 0.717) is 29.9 Å². The Morgan fingerprint density at radius 1 is 1.16 bits per heavy atom. The van der Waals surface area contributed by atoms with E-state index in [1.807, 2.05) is 26.0 Å². The highest BCUT2D eigenvalue weighted by Crippen LogP contribution is 2.27. The zero-order valence-corrected chi connectivity index (χ0v) is 18.5. The van der Waals surface area contributed by atoms with Crippen LogP contribution in [0.4, 0.5) is 16.2 Å². The second kappa shape index (κ2) is 9.88. The lowest BCUT2D eigenvalue weighted by Crippen LogP contribution is -2.30. The van der Waals surface area contributed by atoms with Gasteiger partial charge >= 0.3 is 0 Å². The van der Waals surface area contributed by atoms with Crippen molar-refractivity contribution in [2.24, 2.45) is 0 Å². The summed E-state index contributed by atoms with van der Waals surface area (Å²) in [5, 5.41) is 2.95. The van der Waals surface area contributed by atoms with Crippen LogP contribution in [0.15, 0.2) is 36.5 Å². The Kier molecular flexibility index (Phi) is 7.00. The molecule has 0 aliphatic rings. The quantitative estimate of drug-likeness (QED) is 0.599. The van der Waals surface area contributed by atoms with Gasteiger partial charge in [-0.2, -0.15) is 0 Å². The second-order valence-electron chi connectivity index (χ2n) is 7.00. The van der Waals surface area contributed by atoms with Crippen LogP contribution >= 0.6 is 0 Å². The third kappa shape index (κ3) is 4.83. The number of amides is 1. The van der Waals surface area contributed by atoms with Gasteiger partial charge in [0.05, 0.1) is 17.0 Å². The molecule has 2 heterocycles. The number of nitrogen functional groups attached to an aromatic ring is 1. The molecule has 3 N–H and O–H groups in total. The SMILES string of the molecule is CCN(CC)C(=O)c1ccc(-c2nc(N)nc(C)c2C#Cc2ccc(NC)nc2)c(F)c1. The standard InChI is InChI=1S/C24H25FN6O/c1-5-31(6-2)23(32)17-9-11-19(20(25)13-17)22-18(15(3)29-24(26)30-22)10-7-16-8-12-21(27-4)28-14-16/h8-9,11-14H,5-6H2,1-4H3,(H,27,28)(H2,26,29,30). The van der Waals surface area contributed by atoms with Gasteiger partial charge in [0.1, 0.15) is 11.6 Å². The maximum Gasteiger partial charge on any atom is 0.253 e. The number of aryl methyl sites for hydroxylation is 1. The van der Waals surface area contributed by atoms with Gasteiger partial charge in [-0.25, -0.2) is 19.3 Å².